The van der Waals surface area contributed by atoms with Gasteiger partial charge in [-0.2, -0.15) is 13.2 Å². The van der Waals surface area contributed by atoms with E-state index in [1.165, 1.54) is 22.7 Å². The van der Waals surface area contributed by atoms with Crippen LogP contribution in [0.15, 0.2) is 24.3 Å². The number of piperidine rings is 1. The first-order chi connectivity index (χ1) is 10.2. The molecule has 1 saturated heterocycles. The minimum atomic E-state index is -4.35. The van der Waals surface area contributed by atoms with E-state index in [4.69, 9.17) is 0 Å². The molecule has 1 fully saturated rings. The SMILES string of the molecule is CS(=O)(=O)N1CCCC(CCc2ccccc2C(F)(F)F)C1. The molecular formula is C15H20F3NO2S. The van der Waals surface area contributed by atoms with Gasteiger partial charge in [-0.05, 0) is 43.2 Å². The van der Waals surface area contributed by atoms with Crippen molar-refractivity contribution in [2.75, 3.05) is 19.3 Å². The Kier molecular flexibility index (Phi) is 5.17. The van der Waals surface area contributed by atoms with E-state index in [-0.39, 0.29) is 11.5 Å². The lowest BCUT2D eigenvalue weighted by atomic mass is 9.91. The van der Waals surface area contributed by atoms with Crippen molar-refractivity contribution in [3.8, 4) is 0 Å². The van der Waals surface area contributed by atoms with Crippen molar-refractivity contribution in [2.45, 2.75) is 31.9 Å². The lowest BCUT2D eigenvalue weighted by Crippen LogP contribution is -2.39. The maximum Gasteiger partial charge on any atom is 0.416 e. The zero-order valence-electron chi connectivity index (χ0n) is 12.4. The summed E-state index contributed by atoms with van der Waals surface area (Å²) in [4.78, 5) is 0. The number of benzene rings is 1. The highest BCUT2D eigenvalue weighted by Gasteiger charge is 2.33. The lowest BCUT2D eigenvalue weighted by Gasteiger charge is -2.31. The van der Waals surface area contributed by atoms with Gasteiger partial charge in [0.2, 0.25) is 10.0 Å². The minimum absolute atomic E-state index is 0.116. The number of rotatable bonds is 4. The Morgan fingerprint density at radius 1 is 1.27 bits per heavy atom. The zero-order chi connectivity index (χ0) is 16.4. The highest BCUT2D eigenvalue weighted by Crippen LogP contribution is 2.33. The average molecular weight is 335 g/mol. The standard InChI is InChI=1S/C15H20F3NO2S/c1-22(20,21)19-10-4-5-12(11-19)8-9-13-6-2-3-7-14(13)15(16,17)18/h2-3,6-7,12H,4-5,8-11H2,1H3. The van der Waals surface area contributed by atoms with E-state index in [1.807, 2.05) is 0 Å². The molecule has 0 radical (unpaired) electrons. The predicted octanol–water partition coefficient (Wildman–Crippen LogP) is 3.31. The van der Waals surface area contributed by atoms with Crippen molar-refractivity contribution in [2.24, 2.45) is 5.92 Å². The van der Waals surface area contributed by atoms with Crippen LogP contribution >= 0.6 is 0 Å². The topological polar surface area (TPSA) is 37.4 Å². The van der Waals surface area contributed by atoms with Crippen molar-refractivity contribution in [1.29, 1.82) is 0 Å². The minimum Gasteiger partial charge on any atom is -0.213 e. The quantitative estimate of drug-likeness (QED) is 0.846. The lowest BCUT2D eigenvalue weighted by molar-refractivity contribution is -0.138. The van der Waals surface area contributed by atoms with E-state index in [2.05, 4.69) is 0 Å². The molecule has 0 bridgehead atoms. The van der Waals surface area contributed by atoms with E-state index in [9.17, 15) is 21.6 Å². The van der Waals surface area contributed by atoms with Crippen molar-refractivity contribution in [3.05, 3.63) is 35.4 Å². The highest BCUT2D eigenvalue weighted by atomic mass is 32.2. The number of nitrogens with zero attached hydrogens (tertiary/aromatic N) is 1. The Balaban J connectivity index is 2.02. The molecule has 1 aromatic carbocycles. The molecule has 1 atom stereocenters. The third-order valence-corrected chi connectivity index (χ3v) is 5.37. The molecule has 0 aliphatic carbocycles. The van der Waals surface area contributed by atoms with Crippen molar-refractivity contribution in [3.63, 3.8) is 0 Å². The molecule has 124 valence electrons. The molecule has 0 saturated carbocycles. The molecule has 7 heteroatoms. The summed E-state index contributed by atoms with van der Waals surface area (Å²) in [5.41, 5.74) is -0.308. The van der Waals surface area contributed by atoms with Crippen LogP contribution in [0, 0.1) is 5.92 Å². The summed E-state index contributed by atoms with van der Waals surface area (Å²) in [7, 11) is -3.22. The van der Waals surface area contributed by atoms with Crippen LogP contribution in [0.1, 0.15) is 30.4 Å². The van der Waals surface area contributed by atoms with Gasteiger partial charge in [0.15, 0.2) is 0 Å². The van der Waals surface area contributed by atoms with Crippen LogP contribution < -0.4 is 0 Å². The largest absolute Gasteiger partial charge is 0.416 e. The third kappa shape index (κ3) is 4.46. The van der Waals surface area contributed by atoms with Crippen molar-refractivity contribution < 1.29 is 21.6 Å². The Bertz CT molecular complexity index is 613. The van der Waals surface area contributed by atoms with Gasteiger partial charge in [0.25, 0.3) is 0 Å². The van der Waals surface area contributed by atoms with E-state index in [0.29, 0.717) is 25.9 Å². The fourth-order valence-electron chi connectivity index (χ4n) is 2.94. The Hall–Kier alpha value is -1.08. The second-order valence-corrected chi connectivity index (χ2v) is 7.81. The monoisotopic (exact) mass is 335 g/mol. The van der Waals surface area contributed by atoms with Crippen molar-refractivity contribution in [1.82, 2.24) is 4.31 Å². The molecule has 1 heterocycles. The van der Waals surface area contributed by atoms with E-state index >= 15 is 0 Å². The summed E-state index contributed by atoms with van der Waals surface area (Å²) in [6.07, 6.45) is -0.661. The van der Waals surface area contributed by atoms with Crippen LogP contribution in [0.5, 0.6) is 0 Å². The van der Waals surface area contributed by atoms with Gasteiger partial charge in [0.1, 0.15) is 0 Å². The van der Waals surface area contributed by atoms with Crippen LogP contribution in [0.25, 0.3) is 0 Å². The summed E-state index contributed by atoms with van der Waals surface area (Å²) < 4.78 is 63.4. The second kappa shape index (κ2) is 6.58. The Morgan fingerprint density at radius 3 is 2.59 bits per heavy atom. The summed E-state index contributed by atoms with van der Waals surface area (Å²) in [5.74, 6) is 0.116. The highest BCUT2D eigenvalue weighted by molar-refractivity contribution is 7.88. The van der Waals surface area contributed by atoms with Gasteiger partial charge in [0, 0.05) is 13.1 Å². The first-order valence-electron chi connectivity index (χ1n) is 7.28. The molecule has 1 unspecified atom stereocenters. The summed E-state index contributed by atoms with van der Waals surface area (Å²) in [6, 6.07) is 5.59. The molecular weight excluding hydrogens is 315 g/mol. The van der Waals surface area contributed by atoms with Gasteiger partial charge in [-0.1, -0.05) is 18.2 Å². The van der Waals surface area contributed by atoms with Gasteiger partial charge in [0.05, 0.1) is 11.8 Å². The molecule has 3 nitrogen and oxygen atoms in total. The maximum absolute atomic E-state index is 12.9. The van der Waals surface area contributed by atoms with Crippen molar-refractivity contribution >= 4 is 10.0 Å². The average Bonchev–Trinajstić information content (AvgIpc) is 2.44. The number of sulfonamides is 1. The molecule has 2 rings (SSSR count). The smallest absolute Gasteiger partial charge is 0.213 e. The van der Waals surface area contributed by atoms with Gasteiger partial charge in [-0.3, -0.25) is 0 Å². The van der Waals surface area contributed by atoms with Crippen LogP contribution in [-0.2, 0) is 22.6 Å². The van der Waals surface area contributed by atoms with Crippen LogP contribution in [-0.4, -0.2) is 32.1 Å². The summed E-state index contributed by atoms with van der Waals surface area (Å²) in [5, 5.41) is 0. The van der Waals surface area contributed by atoms with Gasteiger partial charge < -0.3 is 0 Å². The first kappa shape index (κ1) is 17.3. The normalized spacial score (nSPS) is 21.0. The van der Waals surface area contributed by atoms with Gasteiger partial charge >= 0.3 is 6.18 Å². The Labute approximate surface area is 129 Å². The van der Waals surface area contributed by atoms with E-state index in [1.54, 1.807) is 6.07 Å². The molecule has 0 spiro atoms. The fourth-order valence-corrected chi connectivity index (χ4v) is 3.88. The second-order valence-electron chi connectivity index (χ2n) is 5.82. The number of alkyl halides is 3. The molecule has 0 N–H and O–H groups in total. The maximum atomic E-state index is 12.9. The number of aryl methyl sites for hydroxylation is 1. The fraction of sp³-hybridized carbons (Fsp3) is 0.600. The first-order valence-corrected chi connectivity index (χ1v) is 9.13. The summed E-state index contributed by atoms with van der Waals surface area (Å²) >= 11 is 0. The van der Waals surface area contributed by atoms with Crippen LogP contribution in [0.2, 0.25) is 0 Å². The zero-order valence-corrected chi connectivity index (χ0v) is 13.3. The number of halogens is 3. The molecule has 1 aliphatic heterocycles. The molecule has 22 heavy (non-hydrogen) atoms. The molecule has 0 aromatic heterocycles. The third-order valence-electron chi connectivity index (χ3n) is 4.10. The molecule has 1 aliphatic rings. The van der Waals surface area contributed by atoms with E-state index in [0.717, 1.165) is 18.9 Å². The molecule has 1 aromatic rings. The van der Waals surface area contributed by atoms with Gasteiger partial charge in [-0.15, -0.1) is 0 Å². The number of hydrogen-bond donors (Lipinski definition) is 0. The van der Waals surface area contributed by atoms with Gasteiger partial charge in [-0.25, -0.2) is 12.7 Å². The predicted molar refractivity (Wildman–Crippen MR) is 78.9 cm³/mol. The summed E-state index contributed by atoms with van der Waals surface area (Å²) in [6.45, 7) is 0.918. The molecule has 0 amide bonds. The van der Waals surface area contributed by atoms with E-state index < -0.39 is 21.8 Å². The van der Waals surface area contributed by atoms with Crippen LogP contribution in [0.4, 0.5) is 13.2 Å². The Morgan fingerprint density at radius 2 is 1.95 bits per heavy atom. The number of hydrogen-bond acceptors (Lipinski definition) is 2. The van der Waals surface area contributed by atoms with Crippen LogP contribution in [0.3, 0.4) is 0 Å².